The van der Waals surface area contributed by atoms with Crippen LogP contribution in [0.15, 0.2) is 29.2 Å². The number of hydrogen-bond acceptors (Lipinski definition) is 3. The van der Waals surface area contributed by atoms with Gasteiger partial charge in [0, 0.05) is 17.5 Å². The van der Waals surface area contributed by atoms with Crippen molar-refractivity contribution in [3.8, 4) is 0 Å². The van der Waals surface area contributed by atoms with Gasteiger partial charge in [-0.25, -0.2) is 0 Å². The van der Waals surface area contributed by atoms with Crippen molar-refractivity contribution in [2.24, 2.45) is 0 Å². The van der Waals surface area contributed by atoms with E-state index in [-0.39, 0.29) is 12.1 Å². The van der Waals surface area contributed by atoms with Crippen LogP contribution >= 0.6 is 11.8 Å². The van der Waals surface area contributed by atoms with Gasteiger partial charge in [0.05, 0.1) is 6.10 Å². The molecule has 1 rings (SSSR count). The lowest BCUT2D eigenvalue weighted by molar-refractivity contribution is 0.187. The average molecular weight is 239 g/mol. The van der Waals surface area contributed by atoms with Gasteiger partial charge in [-0.3, -0.25) is 0 Å². The van der Waals surface area contributed by atoms with Gasteiger partial charge in [0.25, 0.3) is 0 Å². The number of benzene rings is 1. The zero-order chi connectivity index (χ0) is 12.0. The molecule has 0 aromatic heterocycles. The molecular formula is C13H21NOS. The molecule has 2 atom stereocenters. The summed E-state index contributed by atoms with van der Waals surface area (Å²) >= 11 is 1.85. The van der Waals surface area contributed by atoms with Crippen LogP contribution in [0.3, 0.4) is 0 Å². The summed E-state index contributed by atoms with van der Waals surface area (Å²) in [6, 6.07) is 8.90. The molecule has 1 aromatic rings. The van der Waals surface area contributed by atoms with E-state index < -0.39 is 0 Å². The summed E-state index contributed by atoms with van der Waals surface area (Å²) in [6.45, 7) is 6.70. The Morgan fingerprint density at radius 2 is 1.88 bits per heavy atom. The molecule has 0 radical (unpaired) electrons. The van der Waals surface area contributed by atoms with Crippen molar-refractivity contribution < 1.29 is 5.11 Å². The molecule has 0 aliphatic rings. The second kappa shape index (κ2) is 6.94. The Morgan fingerprint density at radius 1 is 1.25 bits per heavy atom. The second-order valence-corrected chi connectivity index (χ2v) is 5.32. The Balaban J connectivity index is 2.52. The number of rotatable bonds is 6. The molecule has 0 aliphatic carbocycles. The summed E-state index contributed by atoms with van der Waals surface area (Å²) in [7, 11) is 0. The van der Waals surface area contributed by atoms with Crippen LogP contribution in [0.2, 0.25) is 0 Å². The van der Waals surface area contributed by atoms with E-state index in [0.29, 0.717) is 6.54 Å². The van der Waals surface area contributed by atoms with E-state index in [0.717, 1.165) is 5.75 Å². The molecule has 0 heterocycles. The lowest BCUT2D eigenvalue weighted by atomic mass is 10.1. The molecular weight excluding hydrogens is 218 g/mol. The second-order valence-electron chi connectivity index (χ2n) is 3.98. The molecule has 0 fully saturated rings. The highest BCUT2D eigenvalue weighted by Gasteiger charge is 2.05. The first-order valence-electron chi connectivity index (χ1n) is 5.77. The monoisotopic (exact) mass is 239 g/mol. The van der Waals surface area contributed by atoms with Crippen molar-refractivity contribution in [1.82, 2.24) is 5.32 Å². The predicted molar refractivity (Wildman–Crippen MR) is 70.9 cm³/mol. The van der Waals surface area contributed by atoms with E-state index in [9.17, 15) is 5.11 Å². The van der Waals surface area contributed by atoms with E-state index in [1.807, 2.05) is 11.8 Å². The van der Waals surface area contributed by atoms with E-state index in [1.165, 1.54) is 10.5 Å². The molecule has 0 amide bonds. The van der Waals surface area contributed by atoms with E-state index >= 15 is 0 Å². The van der Waals surface area contributed by atoms with Crippen LogP contribution in [-0.2, 0) is 0 Å². The van der Waals surface area contributed by atoms with Crippen LogP contribution in [0, 0.1) is 0 Å². The lowest BCUT2D eigenvalue weighted by Crippen LogP contribution is -2.27. The third-order valence-electron chi connectivity index (χ3n) is 2.41. The largest absolute Gasteiger partial charge is 0.392 e. The molecule has 2 nitrogen and oxygen atoms in total. The number of thioether (sulfide) groups is 1. The third kappa shape index (κ3) is 4.56. The zero-order valence-electron chi connectivity index (χ0n) is 10.2. The number of aliphatic hydroxyl groups is 1. The topological polar surface area (TPSA) is 32.3 Å². The van der Waals surface area contributed by atoms with Gasteiger partial charge in [-0.1, -0.05) is 19.1 Å². The fraction of sp³-hybridized carbons (Fsp3) is 0.538. The fourth-order valence-electron chi connectivity index (χ4n) is 1.48. The standard InChI is InChI=1S/C13H21NOS/c1-4-16-13-7-5-12(6-8-13)11(3)14-9-10(2)15/h5-8,10-11,14-15H,4,9H2,1-3H3/t10-,11?/m0/s1. The fourth-order valence-corrected chi connectivity index (χ4v) is 2.15. The smallest absolute Gasteiger partial charge is 0.0636 e. The number of nitrogens with one attached hydrogen (secondary N) is 1. The first kappa shape index (κ1) is 13.6. The minimum atomic E-state index is -0.294. The van der Waals surface area contributed by atoms with Crippen LogP contribution in [0.4, 0.5) is 0 Å². The highest BCUT2D eigenvalue weighted by atomic mass is 32.2. The Kier molecular flexibility index (Phi) is 5.88. The van der Waals surface area contributed by atoms with Gasteiger partial charge in [0.1, 0.15) is 0 Å². The number of aliphatic hydroxyl groups excluding tert-OH is 1. The summed E-state index contributed by atoms with van der Waals surface area (Å²) in [6.07, 6.45) is -0.294. The Bertz CT molecular complexity index is 297. The SMILES string of the molecule is CCSc1ccc(C(C)NC[C@H](C)O)cc1. The van der Waals surface area contributed by atoms with E-state index in [1.54, 1.807) is 6.92 Å². The third-order valence-corrected chi connectivity index (χ3v) is 3.30. The summed E-state index contributed by atoms with van der Waals surface area (Å²) < 4.78 is 0. The van der Waals surface area contributed by atoms with Crippen molar-refractivity contribution in [3.05, 3.63) is 29.8 Å². The van der Waals surface area contributed by atoms with Crippen molar-refractivity contribution in [2.75, 3.05) is 12.3 Å². The van der Waals surface area contributed by atoms with Crippen molar-refractivity contribution >= 4 is 11.8 Å². The van der Waals surface area contributed by atoms with Gasteiger partial charge >= 0.3 is 0 Å². The van der Waals surface area contributed by atoms with Crippen LogP contribution in [0.25, 0.3) is 0 Å². The molecule has 1 unspecified atom stereocenters. The normalized spacial score (nSPS) is 14.8. The van der Waals surface area contributed by atoms with Gasteiger partial charge in [-0.05, 0) is 37.3 Å². The molecule has 16 heavy (non-hydrogen) atoms. The van der Waals surface area contributed by atoms with Gasteiger partial charge in [0.15, 0.2) is 0 Å². The van der Waals surface area contributed by atoms with Gasteiger partial charge < -0.3 is 10.4 Å². The maximum absolute atomic E-state index is 9.20. The van der Waals surface area contributed by atoms with E-state index in [4.69, 9.17) is 0 Å². The van der Waals surface area contributed by atoms with Crippen molar-refractivity contribution in [2.45, 2.75) is 37.8 Å². The van der Waals surface area contributed by atoms with Gasteiger partial charge in [0.2, 0.25) is 0 Å². The molecule has 0 saturated carbocycles. The molecule has 0 spiro atoms. The molecule has 1 aromatic carbocycles. The quantitative estimate of drug-likeness (QED) is 0.749. The Hall–Kier alpha value is -0.510. The van der Waals surface area contributed by atoms with Crippen LogP contribution in [-0.4, -0.2) is 23.5 Å². The van der Waals surface area contributed by atoms with Crippen LogP contribution < -0.4 is 5.32 Å². The Labute approximate surface area is 102 Å². The zero-order valence-corrected chi connectivity index (χ0v) is 11.1. The van der Waals surface area contributed by atoms with Gasteiger partial charge in [-0.2, -0.15) is 0 Å². The molecule has 0 bridgehead atoms. The van der Waals surface area contributed by atoms with Gasteiger partial charge in [-0.15, -0.1) is 11.8 Å². The molecule has 0 saturated heterocycles. The minimum absolute atomic E-state index is 0.287. The van der Waals surface area contributed by atoms with E-state index in [2.05, 4.69) is 43.4 Å². The number of hydrogen-bond donors (Lipinski definition) is 2. The predicted octanol–water partition coefficient (Wildman–Crippen LogP) is 2.83. The summed E-state index contributed by atoms with van der Waals surface area (Å²) in [4.78, 5) is 1.31. The molecule has 2 N–H and O–H groups in total. The van der Waals surface area contributed by atoms with Crippen LogP contribution in [0.1, 0.15) is 32.4 Å². The molecule has 3 heteroatoms. The molecule has 0 aliphatic heterocycles. The summed E-state index contributed by atoms with van der Waals surface area (Å²) in [5.74, 6) is 1.11. The summed E-state index contributed by atoms with van der Waals surface area (Å²) in [5.41, 5.74) is 1.26. The Morgan fingerprint density at radius 3 is 2.38 bits per heavy atom. The van der Waals surface area contributed by atoms with Crippen molar-refractivity contribution in [3.63, 3.8) is 0 Å². The first-order chi connectivity index (χ1) is 7.63. The highest BCUT2D eigenvalue weighted by molar-refractivity contribution is 7.99. The first-order valence-corrected chi connectivity index (χ1v) is 6.76. The minimum Gasteiger partial charge on any atom is -0.392 e. The average Bonchev–Trinajstić information content (AvgIpc) is 2.27. The molecule has 90 valence electrons. The van der Waals surface area contributed by atoms with Crippen LogP contribution in [0.5, 0.6) is 0 Å². The maximum atomic E-state index is 9.20. The lowest BCUT2D eigenvalue weighted by Gasteiger charge is -2.15. The maximum Gasteiger partial charge on any atom is 0.0636 e. The highest BCUT2D eigenvalue weighted by Crippen LogP contribution is 2.20. The summed E-state index contributed by atoms with van der Waals surface area (Å²) in [5, 5.41) is 12.5. The van der Waals surface area contributed by atoms with Crippen molar-refractivity contribution in [1.29, 1.82) is 0 Å².